The summed E-state index contributed by atoms with van der Waals surface area (Å²) in [5.74, 6) is -2.57. The zero-order chi connectivity index (χ0) is 21.2. The van der Waals surface area contributed by atoms with Gasteiger partial charge >= 0.3 is 5.97 Å². The third-order valence-corrected chi connectivity index (χ3v) is 5.27. The number of esters is 1. The summed E-state index contributed by atoms with van der Waals surface area (Å²) in [6, 6.07) is 2.39. The van der Waals surface area contributed by atoms with Gasteiger partial charge in [-0.05, 0) is 37.8 Å². The van der Waals surface area contributed by atoms with E-state index < -0.39 is 23.2 Å². The highest BCUT2D eigenvalue weighted by Gasteiger charge is 2.29. The molecule has 0 spiro atoms. The highest BCUT2D eigenvalue weighted by molar-refractivity contribution is 5.90. The maximum atomic E-state index is 14.2. The summed E-state index contributed by atoms with van der Waals surface area (Å²) < 4.78 is 44.9. The summed E-state index contributed by atoms with van der Waals surface area (Å²) in [6.45, 7) is 6.90. The fourth-order valence-corrected chi connectivity index (χ4v) is 3.48. The SMILES string of the molecule is CCCCOC(OCCCC)C1CCN(c2cc(F)c(C(=O)OC)c(F)c2)CC1. The molecule has 1 aromatic rings. The fraction of sp³-hybridized carbons (Fsp3) is 0.682. The van der Waals surface area contributed by atoms with Crippen LogP contribution in [0, 0.1) is 17.6 Å². The van der Waals surface area contributed by atoms with Gasteiger partial charge in [0, 0.05) is 37.9 Å². The predicted octanol–water partition coefficient (Wildman–Crippen LogP) is 4.93. The smallest absolute Gasteiger partial charge is 0.343 e. The van der Waals surface area contributed by atoms with Crippen LogP contribution in [0.1, 0.15) is 62.7 Å². The molecule has 0 amide bonds. The zero-order valence-electron chi connectivity index (χ0n) is 17.7. The molecule has 1 aliphatic rings. The van der Waals surface area contributed by atoms with Gasteiger partial charge in [0.15, 0.2) is 6.29 Å². The van der Waals surface area contributed by atoms with Crippen molar-refractivity contribution < 1.29 is 27.8 Å². The fourth-order valence-electron chi connectivity index (χ4n) is 3.48. The van der Waals surface area contributed by atoms with Crippen molar-refractivity contribution >= 4 is 11.7 Å². The molecule has 0 aliphatic carbocycles. The first-order valence-corrected chi connectivity index (χ1v) is 10.6. The molecule has 0 saturated carbocycles. The predicted molar refractivity (Wildman–Crippen MR) is 108 cm³/mol. The van der Waals surface area contributed by atoms with E-state index in [4.69, 9.17) is 9.47 Å². The van der Waals surface area contributed by atoms with Crippen LogP contribution in [0.4, 0.5) is 14.5 Å². The molecule has 0 bridgehead atoms. The van der Waals surface area contributed by atoms with Gasteiger partial charge in [-0.25, -0.2) is 13.6 Å². The van der Waals surface area contributed by atoms with Crippen molar-refractivity contribution in [1.29, 1.82) is 0 Å². The Hall–Kier alpha value is -1.73. The first-order chi connectivity index (χ1) is 14.0. The Morgan fingerprint density at radius 1 is 1.07 bits per heavy atom. The minimum Gasteiger partial charge on any atom is -0.465 e. The second-order valence-corrected chi connectivity index (χ2v) is 7.42. The molecule has 29 heavy (non-hydrogen) atoms. The minimum absolute atomic E-state index is 0.231. The van der Waals surface area contributed by atoms with E-state index in [1.807, 2.05) is 4.90 Å². The average molecular weight is 414 g/mol. The van der Waals surface area contributed by atoms with Crippen molar-refractivity contribution in [1.82, 2.24) is 0 Å². The number of rotatable bonds is 11. The topological polar surface area (TPSA) is 48.0 Å². The van der Waals surface area contributed by atoms with Crippen LogP contribution in [0.25, 0.3) is 0 Å². The highest BCUT2D eigenvalue weighted by Crippen LogP contribution is 2.29. The van der Waals surface area contributed by atoms with Crippen molar-refractivity contribution in [3.8, 4) is 0 Å². The Balaban J connectivity index is 1.99. The molecule has 0 atom stereocenters. The first kappa shape index (κ1) is 23.5. The van der Waals surface area contributed by atoms with E-state index in [1.54, 1.807) is 0 Å². The lowest BCUT2D eigenvalue weighted by molar-refractivity contribution is -0.177. The van der Waals surface area contributed by atoms with Crippen LogP contribution in [0.15, 0.2) is 12.1 Å². The van der Waals surface area contributed by atoms with Gasteiger partial charge in [-0.1, -0.05) is 26.7 Å². The Morgan fingerprint density at radius 3 is 2.03 bits per heavy atom. The Labute approximate surface area is 172 Å². The van der Waals surface area contributed by atoms with Crippen molar-refractivity contribution in [3.05, 3.63) is 29.3 Å². The number of anilines is 1. The van der Waals surface area contributed by atoms with Gasteiger partial charge in [-0.3, -0.25) is 0 Å². The van der Waals surface area contributed by atoms with Gasteiger partial charge in [-0.2, -0.15) is 0 Å². The molecule has 0 unspecified atom stereocenters. The van der Waals surface area contributed by atoms with Crippen LogP contribution < -0.4 is 4.90 Å². The summed E-state index contributed by atoms with van der Waals surface area (Å²) in [7, 11) is 1.10. The second kappa shape index (κ2) is 12.1. The number of unbranched alkanes of at least 4 members (excludes halogenated alkanes) is 2. The van der Waals surface area contributed by atoms with Gasteiger partial charge in [0.1, 0.15) is 17.2 Å². The molecule has 1 heterocycles. The van der Waals surface area contributed by atoms with Gasteiger partial charge in [-0.15, -0.1) is 0 Å². The zero-order valence-corrected chi connectivity index (χ0v) is 17.7. The second-order valence-electron chi connectivity index (χ2n) is 7.42. The summed E-state index contributed by atoms with van der Waals surface area (Å²) >= 11 is 0. The summed E-state index contributed by atoms with van der Waals surface area (Å²) in [4.78, 5) is 13.5. The van der Waals surface area contributed by atoms with E-state index in [0.29, 0.717) is 32.0 Å². The number of carbonyl (C=O) groups is 1. The normalized spacial score (nSPS) is 15.2. The molecule has 7 heteroatoms. The molecule has 0 radical (unpaired) electrons. The number of piperidine rings is 1. The molecule has 2 rings (SSSR count). The van der Waals surface area contributed by atoms with Crippen molar-refractivity contribution in [2.45, 2.75) is 58.7 Å². The average Bonchev–Trinajstić information content (AvgIpc) is 2.72. The van der Waals surface area contributed by atoms with Crippen LogP contribution in [-0.4, -0.2) is 45.7 Å². The lowest BCUT2D eigenvalue weighted by atomic mass is 9.95. The number of ether oxygens (including phenoxy) is 3. The third kappa shape index (κ3) is 6.64. The van der Waals surface area contributed by atoms with Crippen LogP contribution >= 0.6 is 0 Å². The van der Waals surface area contributed by atoms with Gasteiger partial charge in [0.2, 0.25) is 0 Å². The number of methoxy groups -OCH3 is 1. The maximum Gasteiger partial charge on any atom is 0.343 e. The third-order valence-electron chi connectivity index (χ3n) is 5.27. The lowest BCUT2D eigenvalue weighted by Crippen LogP contribution is -2.40. The Morgan fingerprint density at radius 2 is 1.59 bits per heavy atom. The quantitative estimate of drug-likeness (QED) is 0.293. The molecule has 1 saturated heterocycles. The standard InChI is InChI=1S/C22H33F2NO4/c1-4-6-12-28-22(29-13-7-5-2)16-8-10-25(11-9-16)17-14-18(23)20(19(24)15-17)21(26)27-3/h14-16,22H,4-13H2,1-3H3. The van der Waals surface area contributed by atoms with E-state index in [-0.39, 0.29) is 12.2 Å². The van der Waals surface area contributed by atoms with Crippen LogP contribution in [0.2, 0.25) is 0 Å². The van der Waals surface area contributed by atoms with Gasteiger partial charge < -0.3 is 19.1 Å². The largest absolute Gasteiger partial charge is 0.465 e. The summed E-state index contributed by atoms with van der Waals surface area (Å²) in [5, 5.41) is 0. The monoisotopic (exact) mass is 413 g/mol. The maximum absolute atomic E-state index is 14.2. The number of hydrogen-bond acceptors (Lipinski definition) is 5. The summed E-state index contributed by atoms with van der Waals surface area (Å²) in [6.07, 6.45) is 5.52. The molecular formula is C22H33F2NO4. The molecule has 5 nitrogen and oxygen atoms in total. The van der Waals surface area contributed by atoms with Crippen molar-refractivity contribution in [2.75, 3.05) is 38.3 Å². The molecule has 1 fully saturated rings. The number of nitrogens with zero attached hydrogens (tertiary/aromatic N) is 1. The van der Waals surface area contributed by atoms with E-state index >= 15 is 0 Å². The van der Waals surface area contributed by atoms with E-state index in [2.05, 4.69) is 18.6 Å². The van der Waals surface area contributed by atoms with Crippen LogP contribution in [0.3, 0.4) is 0 Å². The van der Waals surface area contributed by atoms with Crippen LogP contribution in [0.5, 0.6) is 0 Å². The van der Waals surface area contributed by atoms with Crippen molar-refractivity contribution in [3.63, 3.8) is 0 Å². The molecular weight excluding hydrogens is 380 g/mol. The number of hydrogen-bond donors (Lipinski definition) is 0. The molecule has 1 aliphatic heterocycles. The van der Waals surface area contributed by atoms with E-state index in [9.17, 15) is 13.6 Å². The Bertz CT molecular complexity index is 615. The molecule has 0 N–H and O–H groups in total. The number of benzene rings is 1. The van der Waals surface area contributed by atoms with Gasteiger partial charge in [0.05, 0.1) is 7.11 Å². The van der Waals surface area contributed by atoms with E-state index in [0.717, 1.165) is 45.6 Å². The van der Waals surface area contributed by atoms with E-state index in [1.165, 1.54) is 12.1 Å². The molecule has 0 aromatic heterocycles. The summed E-state index contributed by atoms with van der Waals surface area (Å²) in [5.41, 5.74) is -0.221. The van der Waals surface area contributed by atoms with Crippen LogP contribution in [-0.2, 0) is 14.2 Å². The van der Waals surface area contributed by atoms with Crippen molar-refractivity contribution in [2.24, 2.45) is 5.92 Å². The lowest BCUT2D eigenvalue weighted by Gasteiger charge is -2.37. The number of carbonyl (C=O) groups excluding carboxylic acids is 1. The molecule has 164 valence electrons. The van der Waals surface area contributed by atoms with Gasteiger partial charge in [0.25, 0.3) is 0 Å². The Kier molecular flexibility index (Phi) is 9.81. The number of halogens is 2. The highest BCUT2D eigenvalue weighted by atomic mass is 19.1. The first-order valence-electron chi connectivity index (χ1n) is 10.6. The molecule has 1 aromatic carbocycles. The minimum atomic E-state index is -1.01.